The van der Waals surface area contributed by atoms with Gasteiger partial charge in [-0.05, 0) is 25.0 Å². The number of aromatic amines is 1. The van der Waals surface area contributed by atoms with Gasteiger partial charge >= 0.3 is 5.97 Å². The Kier molecular flexibility index (Phi) is 2.52. The Morgan fingerprint density at radius 3 is 2.31 bits per heavy atom. The monoisotopic (exact) mass is 215 g/mol. The van der Waals surface area contributed by atoms with Crippen LogP contribution >= 0.6 is 0 Å². The number of aryl methyl sites for hydroxylation is 1. The van der Waals surface area contributed by atoms with Crippen LogP contribution in [0.4, 0.5) is 0 Å². The second-order valence-corrected chi connectivity index (χ2v) is 3.80. The first kappa shape index (κ1) is 10.5. The summed E-state index contributed by atoms with van der Waals surface area (Å²) in [5.41, 5.74) is 3.75. The highest BCUT2D eigenvalue weighted by molar-refractivity contribution is 5.93. The zero-order chi connectivity index (χ0) is 11.7. The number of rotatable bonds is 2. The molecule has 2 N–H and O–H groups in total. The highest BCUT2D eigenvalue weighted by Gasteiger charge is 2.17. The van der Waals surface area contributed by atoms with Crippen molar-refractivity contribution in [3.05, 3.63) is 47.2 Å². The maximum Gasteiger partial charge on any atom is 0.337 e. The molecular formula is C13H13NO2. The molecule has 0 aliphatic heterocycles. The van der Waals surface area contributed by atoms with Crippen LogP contribution in [0.3, 0.4) is 0 Å². The highest BCUT2D eigenvalue weighted by Crippen LogP contribution is 2.26. The van der Waals surface area contributed by atoms with Gasteiger partial charge in [-0.2, -0.15) is 0 Å². The van der Waals surface area contributed by atoms with Crippen LogP contribution in [0.1, 0.15) is 21.6 Å². The van der Waals surface area contributed by atoms with Crippen molar-refractivity contribution < 1.29 is 9.90 Å². The number of hydrogen-bond donors (Lipinski definition) is 2. The molecule has 0 bridgehead atoms. The fourth-order valence-electron chi connectivity index (χ4n) is 1.96. The quantitative estimate of drug-likeness (QED) is 0.809. The second-order valence-electron chi connectivity index (χ2n) is 3.80. The lowest BCUT2D eigenvalue weighted by atomic mass is 10.1. The van der Waals surface area contributed by atoms with Gasteiger partial charge in [0.05, 0.1) is 5.56 Å². The van der Waals surface area contributed by atoms with E-state index in [1.165, 1.54) is 0 Å². The molecule has 0 amide bonds. The van der Waals surface area contributed by atoms with Crippen molar-refractivity contribution in [2.24, 2.45) is 0 Å². The molecule has 3 nitrogen and oxygen atoms in total. The third kappa shape index (κ3) is 1.60. The van der Waals surface area contributed by atoms with Crippen molar-refractivity contribution in [1.82, 2.24) is 4.98 Å². The average molecular weight is 215 g/mol. The number of aromatic carboxylic acids is 1. The summed E-state index contributed by atoms with van der Waals surface area (Å²) in [6, 6.07) is 9.73. The molecular weight excluding hydrogens is 202 g/mol. The minimum absolute atomic E-state index is 0.374. The van der Waals surface area contributed by atoms with E-state index in [2.05, 4.69) is 4.98 Å². The van der Waals surface area contributed by atoms with E-state index in [1.54, 1.807) is 6.92 Å². The van der Waals surface area contributed by atoms with Gasteiger partial charge in [-0.3, -0.25) is 0 Å². The molecule has 16 heavy (non-hydrogen) atoms. The van der Waals surface area contributed by atoms with Crippen molar-refractivity contribution in [3.63, 3.8) is 0 Å². The Labute approximate surface area is 93.7 Å². The number of carboxylic acids is 1. The number of hydrogen-bond acceptors (Lipinski definition) is 1. The molecule has 2 aromatic rings. The molecule has 1 aromatic carbocycles. The number of H-pyrrole nitrogens is 1. The largest absolute Gasteiger partial charge is 0.478 e. The predicted molar refractivity (Wildman–Crippen MR) is 62.7 cm³/mol. The van der Waals surface area contributed by atoms with Crippen LogP contribution < -0.4 is 0 Å². The van der Waals surface area contributed by atoms with E-state index in [-0.39, 0.29) is 0 Å². The number of carbonyl (C=O) groups is 1. The molecule has 1 heterocycles. The summed E-state index contributed by atoms with van der Waals surface area (Å²) in [6.45, 7) is 3.61. The Balaban J connectivity index is 2.61. The molecule has 1 aromatic heterocycles. The smallest absolute Gasteiger partial charge is 0.337 e. The van der Waals surface area contributed by atoms with Gasteiger partial charge in [0.2, 0.25) is 0 Å². The van der Waals surface area contributed by atoms with E-state index in [4.69, 9.17) is 5.11 Å². The van der Waals surface area contributed by atoms with Crippen LogP contribution in [0.15, 0.2) is 30.3 Å². The Morgan fingerprint density at radius 2 is 1.81 bits per heavy atom. The minimum atomic E-state index is -0.881. The molecule has 3 heteroatoms. The van der Waals surface area contributed by atoms with E-state index >= 15 is 0 Å². The zero-order valence-corrected chi connectivity index (χ0v) is 9.24. The van der Waals surface area contributed by atoms with Crippen LogP contribution in [0, 0.1) is 13.8 Å². The van der Waals surface area contributed by atoms with Crippen LogP contribution in [-0.4, -0.2) is 16.1 Å². The third-order valence-electron chi connectivity index (χ3n) is 2.71. The number of aromatic nitrogens is 1. The van der Waals surface area contributed by atoms with Crippen molar-refractivity contribution >= 4 is 5.97 Å². The van der Waals surface area contributed by atoms with Gasteiger partial charge < -0.3 is 10.1 Å². The zero-order valence-electron chi connectivity index (χ0n) is 9.24. The van der Waals surface area contributed by atoms with Crippen LogP contribution in [-0.2, 0) is 0 Å². The Hall–Kier alpha value is -2.03. The summed E-state index contributed by atoms with van der Waals surface area (Å²) in [5, 5.41) is 9.09. The Bertz CT molecular complexity index is 526. The minimum Gasteiger partial charge on any atom is -0.478 e. The van der Waals surface area contributed by atoms with Gasteiger partial charge in [-0.1, -0.05) is 30.3 Å². The van der Waals surface area contributed by atoms with Gasteiger partial charge in [-0.25, -0.2) is 4.79 Å². The SMILES string of the molecule is Cc1[nH]c(-c2ccccc2)c(C)c1C(=O)O. The first-order valence-corrected chi connectivity index (χ1v) is 5.09. The fourth-order valence-corrected chi connectivity index (χ4v) is 1.96. The summed E-state index contributed by atoms with van der Waals surface area (Å²) in [7, 11) is 0. The van der Waals surface area contributed by atoms with Gasteiger partial charge in [0, 0.05) is 11.4 Å². The lowest BCUT2D eigenvalue weighted by molar-refractivity contribution is 0.0695. The van der Waals surface area contributed by atoms with Crippen molar-refractivity contribution in [1.29, 1.82) is 0 Å². The molecule has 0 atom stereocenters. The summed E-state index contributed by atoms with van der Waals surface area (Å²) >= 11 is 0. The summed E-state index contributed by atoms with van der Waals surface area (Å²) < 4.78 is 0. The van der Waals surface area contributed by atoms with Crippen LogP contribution in [0.2, 0.25) is 0 Å². The molecule has 0 spiro atoms. The molecule has 0 fully saturated rings. The van der Waals surface area contributed by atoms with E-state index in [9.17, 15) is 4.79 Å². The summed E-state index contributed by atoms with van der Waals surface area (Å²) in [5.74, 6) is -0.881. The molecule has 82 valence electrons. The average Bonchev–Trinajstić information content (AvgIpc) is 2.55. The predicted octanol–water partition coefficient (Wildman–Crippen LogP) is 3.00. The van der Waals surface area contributed by atoms with Crippen LogP contribution in [0.25, 0.3) is 11.3 Å². The highest BCUT2D eigenvalue weighted by atomic mass is 16.4. The van der Waals surface area contributed by atoms with Crippen molar-refractivity contribution in [2.75, 3.05) is 0 Å². The number of nitrogens with one attached hydrogen (secondary N) is 1. The summed E-state index contributed by atoms with van der Waals surface area (Å²) in [6.07, 6.45) is 0. The van der Waals surface area contributed by atoms with Crippen molar-refractivity contribution in [3.8, 4) is 11.3 Å². The molecule has 0 saturated carbocycles. The molecule has 0 unspecified atom stereocenters. The van der Waals surface area contributed by atoms with Gasteiger partial charge in [0.1, 0.15) is 0 Å². The lowest BCUT2D eigenvalue weighted by Crippen LogP contribution is -1.98. The van der Waals surface area contributed by atoms with E-state index < -0.39 is 5.97 Å². The van der Waals surface area contributed by atoms with E-state index in [0.717, 1.165) is 16.8 Å². The van der Waals surface area contributed by atoms with E-state index in [1.807, 2.05) is 37.3 Å². The first-order chi connectivity index (χ1) is 7.61. The van der Waals surface area contributed by atoms with Gasteiger partial charge in [0.15, 0.2) is 0 Å². The van der Waals surface area contributed by atoms with Gasteiger partial charge in [0.25, 0.3) is 0 Å². The fraction of sp³-hybridized carbons (Fsp3) is 0.154. The van der Waals surface area contributed by atoms with Crippen LogP contribution in [0.5, 0.6) is 0 Å². The molecule has 0 aliphatic carbocycles. The second kappa shape index (κ2) is 3.85. The maximum atomic E-state index is 11.1. The number of carboxylic acid groups (broad SMARTS) is 1. The topological polar surface area (TPSA) is 53.1 Å². The summed E-state index contributed by atoms with van der Waals surface area (Å²) in [4.78, 5) is 14.2. The molecule has 0 aliphatic rings. The first-order valence-electron chi connectivity index (χ1n) is 5.09. The Morgan fingerprint density at radius 1 is 1.19 bits per heavy atom. The lowest BCUT2D eigenvalue weighted by Gasteiger charge is -1.99. The maximum absolute atomic E-state index is 11.1. The normalized spacial score (nSPS) is 10.4. The standard InChI is InChI=1S/C13H13NO2/c1-8-11(13(15)16)9(2)14-12(8)10-6-4-3-5-7-10/h3-7,14H,1-2H3,(H,15,16). The molecule has 0 saturated heterocycles. The van der Waals surface area contributed by atoms with Gasteiger partial charge in [-0.15, -0.1) is 0 Å². The van der Waals surface area contributed by atoms with Crippen molar-refractivity contribution in [2.45, 2.75) is 13.8 Å². The molecule has 0 radical (unpaired) electrons. The molecule has 2 rings (SSSR count). The number of benzene rings is 1. The third-order valence-corrected chi connectivity index (χ3v) is 2.71. The van der Waals surface area contributed by atoms with E-state index in [0.29, 0.717) is 11.3 Å².